The van der Waals surface area contributed by atoms with Crippen molar-refractivity contribution in [2.45, 2.75) is 26.1 Å². The molecule has 0 spiro atoms. The van der Waals surface area contributed by atoms with Crippen LogP contribution < -0.4 is 15.4 Å². The van der Waals surface area contributed by atoms with Gasteiger partial charge in [0.15, 0.2) is 6.61 Å². The van der Waals surface area contributed by atoms with Gasteiger partial charge in [0.25, 0.3) is 5.91 Å². The minimum Gasteiger partial charge on any atom is -0.483 e. The van der Waals surface area contributed by atoms with Crippen LogP contribution in [-0.4, -0.2) is 62.4 Å². The number of amides is 1. The number of carbonyl (C=O) groups excluding carboxylic acids is 1. The summed E-state index contributed by atoms with van der Waals surface area (Å²) in [6.45, 7) is 4.55. The first-order valence-corrected chi connectivity index (χ1v) is 8.26. The molecule has 1 saturated heterocycles. The van der Waals surface area contributed by atoms with Crippen LogP contribution >= 0.6 is 0 Å². The van der Waals surface area contributed by atoms with Gasteiger partial charge in [0, 0.05) is 32.7 Å². The summed E-state index contributed by atoms with van der Waals surface area (Å²) in [5.41, 5.74) is 1.75. The van der Waals surface area contributed by atoms with Crippen LogP contribution in [0, 0.1) is 13.8 Å². The molecule has 1 heterocycles. The highest BCUT2D eigenvalue weighted by molar-refractivity contribution is 5.77. The summed E-state index contributed by atoms with van der Waals surface area (Å²) in [4.78, 5) is 13.3. The lowest BCUT2D eigenvalue weighted by Crippen LogP contribution is -2.57. The second kappa shape index (κ2) is 8.53. The van der Waals surface area contributed by atoms with E-state index in [9.17, 15) is 18.0 Å². The zero-order chi connectivity index (χ0) is 18.4. The second-order valence-electron chi connectivity index (χ2n) is 6.16. The van der Waals surface area contributed by atoms with Gasteiger partial charge in [-0.15, -0.1) is 0 Å². The smallest absolute Gasteiger partial charge is 0.405 e. The van der Waals surface area contributed by atoms with E-state index in [1.807, 2.05) is 32.0 Å². The Morgan fingerprint density at radius 2 is 1.88 bits per heavy atom. The van der Waals surface area contributed by atoms with Gasteiger partial charge in [0.2, 0.25) is 0 Å². The number of benzene rings is 1. The molecule has 25 heavy (non-hydrogen) atoms. The van der Waals surface area contributed by atoms with Gasteiger partial charge in [-0.2, -0.15) is 13.2 Å². The number of hydrogen-bond acceptors (Lipinski definition) is 4. The van der Waals surface area contributed by atoms with E-state index in [2.05, 4.69) is 10.6 Å². The topological polar surface area (TPSA) is 53.6 Å². The quantitative estimate of drug-likeness (QED) is 0.811. The largest absolute Gasteiger partial charge is 0.483 e. The minimum absolute atomic E-state index is 0.305. The average molecular weight is 359 g/mol. The number of ether oxygens (including phenoxy) is 1. The van der Waals surface area contributed by atoms with Crippen molar-refractivity contribution in [1.82, 2.24) is 15.5 Å². The van der Waals surface area contributed by atoms with E-state index >= 15 is 0 Å². The molecule has 1 fully saturated rings. The molecule has 1 amide bonds. The normalized spacial score (nSPS) is 17.2. The monoisotopic (exact) mass is 359 g/mol. The van der Waals surface area contributed by atoms with Crippen molar-refractivity contribution in [3.05, 3.63) is 29.3 Å². The Balaban J connectivity index is 1.88. The van der Waals surface area contributed by atoms with E-state index in [-0.39, 0.29) is 6.61 Å². The Kier molecular flexibility index (Phi) is 6.66. The van der Waals surface area contributed by atoms with Crippen molar-refractivity contribution < 1.29 is 22.7 Å². The van der Waals surface area contributed by atoms with Gasteiger partial charge in [-0.25, -0.2) is 0 Å². The fraction of sp³-hybridized carbons (Fsp3) is 0.588. The lowest BCUT2D eigenvalue weighted by atomic mass is 10.1. The van der Waals surface area contributed by atoms with Crippen LogP contribution in [0.3, 0.4) is 0 Å². The zero-order valence-electron chi connectivity index (χ0n) is 14.4. The molecule has 0 aromatic heterocycles. The van der Waals surface area contributed by atoms with Gasteiger partial charge in [-0.05, 0) is 25.0 Å². The molecule has 0 radical (unpaired) electrons. The van der Waals surface area contributed by atoms with Crippen LogP contribution in [0.15, 0.2) is 18.2 Å². The minimum atomic E-state index is -4.39. The predicted octanol–water partition coefficient (Wildman–Crippen LogP) is 1.63. The third-order valence-electron chi connectivity index (χ3n) is 4.22. The Hall–Kier alpha value is -1.80. The third kappa shape index (κ3) is 5.61. The van der Waals surface area contributed by atoms with E-state index in [4.69, 9.17) is 4.74 Å². The Morgan fingerprint density at radius 1 is 1.28 bits per heavy atom. The number of nitrogens with one attached hydrogen (secondary N) is 2. The second-order valence-corrected chi connectivity index (χ2v) is 6.16. The first-order chi connectivity index (χ1) is 11.8. The first kappa shape index (κ1) is 19.5. The molecule has 140 valence electrons. The SMILES string of the molecule is Cc1cccc(C)c1OCC(=O)NCC(N1CCNCC1)C(F)(F)F. The maximum absolute atomic E-state index is 13.3. The molecule has 1 aliphatic rings. The fourth-order valence-corrected chi connectivity index (χ4v) is 2.87. The van der Waals surface area contributed by atoms with E-state index in [0.29, 0.717) is 31.9 Å². The van der Waals surface area contributed by atoms with E-state index in [1.165, 1.54) is 4.90 Å². The van der Waals surface area contributed by atoms with E-state index < -0.39 is 24.7 Å². The molecule has 0 aliphatic carbocycles. The van der Waals surface area contributed by atoms with Crippen molar-refractivity contribution in [1.29, 1.82) is 0 Å². The van der Waals surface area contributed by atoms with Crippen molar-refractivity contribution >= 4 is 5.91 Å². The molecule has 0 bridgehead atoms. The molecular formula is C17H24F3N3O2. The van der Waals surface area contributed by atoms with Gasteiger partial charge in [-0.3, -0.25) is 9.69 Å². The molecule has 1 aliphatic heterocycles. The van der Waals surface area contributed by atoms with Gasteiger partial charge < -0.3 is 15.4 Å². The lowest BCUT2D eigenvalue weighted by Gasteiger charge is -2.35. The molecule has 1 atom stereocenters. The molecule has 8 heteroatoms. The Bertz CT molecular complexity index is 567. The van der Waals surface area contributed by atoms with Crippen LogP contribution in [0.1, 0.15) is 11.1 Å². The number of aryl methyl sites for hydroxylation is 2. The number of alkyl halides is 3. The van der Waals surface area contributed by atoms with Crippen LogP contribution in [0.25, 0.3) is 0 Å². The maximum atomic E-state index is 13.3. The Labute approximate surface area is 145 Å². The number of nitrogens with zero attached hydrogens (tertiary/aromatic N) is 1. The highest BCUT2D eigenvalue weighted by Gasteiger charge is 2.43. The molecule has 1 unspecified atom stereocenters. The van der Waals surface area contributed by atoms with Gasteiger partial charge in [0.05, 0.1) is 0 Å². The molecule has 1 aromatic carbocycles. The summed E-state index contributed by atoms with van der Waals surface area (Å²) >= 11 is 0. The standard InChI is InChI=1S/C17H24F3N3O2/c1-12-4-3-5-13(2)16(12)25-11-15(24)22-10-14(17(18,19)20)23-8-6-21-7-9-23/h3-5,14,21H,6-11H2,1-2H3,(H,22,24). The van der Waals surface area contributed by atoms with Crippen molar-refractivity contribution in [2.24, 2.45) is 0 Å². The third-order valence-corrected chi connectivity index (χ3v) is 4.22. The number of halogens is 3. The number of piperazine rings is 1. The number of para-hydroxylation sites is 1. The summed E-state index contributed by atoms with van der Waals surface area (Å²) in [6, 6.07) is 3.90. The number of carbonyl (C=O) groups is 1. The molecule has 5 nitrogen and oxygen atoms in total. The molecule has 0 saturated carbocycles. The lowest BCUT2D eigenvalue weighted by molar-refractivity contribution is -0.184. The van der Waals surface area contributed by atoms with Crippen molar-refractivity contribution in [3.8, 4) is 5.75 Å². The van der Waals surface area contributed by atoms with Crippen LogP contribution in [0.4, 0.5) is 13.2 Å². The van der Waals surface area contributed by atoms with Crippen molar-refractivity contribution in [3.63, 3.8) is 0 Å². The number of rotatable bonds is 6. The van der Waals surface area contributed by atoms with Crippen LogP contribution in [-0.2, 0) is 4.79 Å². The summed E-state index contributed by atoms with van der Waals surface area (Å²) < 4.78 is 45.3. The van der Waals surface area contributed by atoms with E-state index in [0.717, 1.165) is 11.1 Å². The van der Waals surface area contributed by atoms with Gasteiger partial charge in [-0.1, -0.05) is 18.2 Å². The fourth-order valence-electron chi connectivity index (χ4n) is 2.87. The average Bonchev–Trinajstić information content (AvgIpc) is 2.54. The highest BCUT2D eigenvalue weighted by Crippen LogP contribution is 2.25. The number of hydrogen-bond donors (Lipinski definition) is 2. The molecule has 1 aromatic rings. The van der Waals surface area contributed by atoms with E-state index in [1.54, 1.807) is 0 Å². The predicted molar refractivity (Wildman–Crippen MR) is 88.7 cm³/mol. The molecular weight excluding hydrogens is 335 g/mol. The summed E-state index contributed by atoms with van der Waals surface area (Å²) in [7, 11) is 0. The summed E-state index contributed by atoms with van der Waals surface area (Å²) in [5.74, 6) is 0.0270. The van der Waals surface area contributed by atoms with Crippen molar-refractivity contribution in [2.75, 3.05) is 39.3 Å². The van der Waals surface area contributed by atoms with Crippen LogP contribution in [0.5, 0.6) is 5.75 Å². The maximum Gasteiger partial charge on any atom is 0.405 e. The zero-order valence-corrected chi connectivity index (χ0v) is 14.4. The van der Waals surface area contributed by atoms with Crippen LogP contribution in [0.2, 0.25) is 0 Å². The summed E-state index contributed by atoms with van der Waals surface area (Å²) in [6.07, 6.45) is -4.39. The van der Waals surface area contributed by atoms with Gasteiger partial charge in [0.1, 0.15) is 11.8 Å². The first-order valence-electron chi connectivity index (χ1n) is 8.26. The summed E-state index contributed by atoms with van der Waals surface area (Å²) in [5, 5.41) is 5.37. The highest BCUT2D eigenvalue weighted by atomic mass is 19.4. The molecule has 2 N–H and O–H groups in total. The van der Waals surface area contributed by atoms with Gasteiger partial charge >= 0.3 is 6.18 Å². The molecule has 2 rings (SSSR count). The Morgan fingerprint density at radius 3 is 2.44 bits per heavy atom.